The second kappa shape index (κ2) is 13.3. The molecule has 5 atom stereocenters. The number of hydrogen-bond acceptors (Lipinski definition) is 8. The summed E-state index contributed by atoms with van der Waals surface area (Å²) in [4.78, 5) is 23.3. The van der Waals surface area contributed by atoms with Crippen molar-refractivity contribution >= 4 is 35.5 Å². The van der Waals surface area contributed by atoms with Crippen LogP contribution >= 0.6 is 12.8 Å². The zero-order valence-corrected chi connectivity index (χ0v) is 23.6. The fraction of sp³-hybridized carbons (Fsp3) is 0.500. The number of benzene rings is 2. The SMILES string of the molecule is COc1cc(-c2c[n+](CC3OC(OCCCCC(=O)NS)C(C)[C@@H](C)[C@H]3OC(C)=O)[nH]n2)cc2ccccc12. The first kappa shape index (κ1) is 28.8. The van der Waals surface area contributed by atoms with Crippen molar-refractivity contribution in [1.29, 1.82) is 0 Å². The minimum absolute atomic E-state index is 0.000325. The number of nitrogens with zero attached hydrogens (tertiary/aromatic N) is 2. The second-order valence-electron chi connectivity index (χ2n) is 9.98. The number of ether oxygens (including phenoxy) is 4. The molecule has 1 fully saturated rings. The number of fused-ring (bicyclic) bond motifs is 1. The van der Waals surface area contributed by atoms with Crippen molar-refractivity contribution in [2.75, 3.05) is 13.7 Å². The van der Waals surface area contributed by atoms with Crippen LogP contribution in [0.1, 0.15) is 40.0 Å². The van der Waals surface area contributed by atoms with Crippen molar-refractivity contribution in [3.05, 3.63) is 42.6 Å². The first-order chi connectivity index (χ1) is 18.8. The Morgan fingerprint density at radius 1 is 1.18 bits per heavy atom. The number of nitrogens with one attached hydrogen (secondary N) is 2. The van der Waals surface area contributed by atoms with E-state index < -0.39 is 18.5 Å². The summed E-state index contributed by atoms with van der Waals surface area (Å²) in [5.74, 6) is 0.306. The highest BCUT2D eigenvalue weighted by atomic mass is 32.1. The van der Waals surface area contributed by atoms with Crippen LogP contribution in [0.5, 0.6) is 5.75 Å². The van der Waals surface area contributed by atoms with Gasteiger partial charge in [-0.25, -0.2) is 0 Å². The van der Waals surface area contributed by atoms with Gasteiger partial charge in [-0.05, 0) is 30.4 Å². The Bertz CT molecular complexity index is 1280. The van der Waals surface area contributed by atoms with Crippen LogP contribution in [0.4, 0.5) is 0 Å². The van der Waals surface area contributed by atoms with E-state index in [0.29, 0.717) is 32.4 Å². The van der Waals surface area contributed by atoms with Crippen LogP contribution in [-0.4, -0.2) is 54.4 Å². The molecule has 0 bridgehead atoms. The molecule has 2 heterocycles. The minimum atomic E-state index is -0.469. The van der Waals surface area contributed by atoms with E-state index in [-0.39, 0.29) is 23.7 Å². The van der Waals surface area contributed by atoms with Crippen LogP contribution < -0.4 is 14.1 Å². The van der Waals surface area contributed by atoms with Gasteiger partial charge in [0.25, 0.3) is 0 Å². The molecule has 4 rings (SSSR count). The average molecular weight is 558 g/mol. The Morgan fingerprint density at radius 3 is 2.72 bits per heavy atom. The molecular formula is C28H37N4O6S+. The van der Waals surface area contributed by atoms with Crippen LogP contribution in [0.2, 0.25) is 0 Å². The minimum Gasteiger partial charge on any atom is -0.496 e. The summed E-state index contributed by atoms with van der Waals surface area (Å²) < 4.78 is 27.9. The van der Waals surface area contributed by atoms with Gasteiger partial charge >= 0.3 is 5.97 Å². The average Bonchev–Trinajstić information content (AvgIpc) is 3.40. The van der Waals surface area contributed by atoms with E-state index in [2.05, 4.69) is 33.9 Å². The molecule has 2 N–H and O–H groups in total. The van der Waals surface area contributed by atoms with Crippen LogP contribution in [0, 0.1) is 11.8 Å². The number of methoxy groups -OCH3 is 1. The number of carbonyl (C=O) groups is 2. The zero-order valence-electron chi connectivity index (χ0n) is 22.8. The maximum Gasteiger partial charge on any atom is 0.303 e. The number of rotatable bonds is 11. The molecule has 3 aromatic rings. The van der Waals surface area contributed by atoms with Gasteiger partial charge in [0.2, 0.25) is 11.6 Å². The maximum atomic E-state index is 11.9. The lowest BCUT2D eigenvalue weighted by Gasteiger charge is -2.43. The van der Waals surface area contributed by atoms with Crippen molar-refractivity contribution in [3.63, 3.8) is 0 Å². The zero-order chi connectivity index (χ0) is 27.9. The van der Waals surface area contributed by atoms with Crippen molar-refractivity contribution in [2.45, 2.75) is 65.1 Å². The summed E-state index contributed by atoms with van der Waals surface area (Å²) in [5, 5.41) is 9.65. The summed E-state index contributed by atoms with van der Waals surface area (Å²) in [6, 6.07) is 12.1. The highest BCUT2D eigenvalue weighted by Crippen LogP contribution is 2.34. The van der Waals surface area contributed by atoms with Crippen molar-refractivity contribution < 1.29 is 33.2 Å². The molecule has 1 aromatic heterocycles. The fourth-order valence-electron chi connectivity index (χ4n) is 4.96. The molecular weight excluding hydrogens is 520 g/mol. The predicted octanol–water partition coefficient (Wildman–Crippen LogP) is 3.60. The van der Waals surface area contributed by atoms with Crippen LogP contribution in [-0.2, 0) is 30.3 Å². The summed E-state index contributed by atoms with van der Waals surface area (Å²) in [7, 11) is 1.66. The molecule has 0 spiro atoms. The highest BCUT2D eigenvalue weighted by molar-refractivity contribution is 7.78. The van der Waals surface area contributed by atoms with E-state index in [4.69, 9.17) is 18.9 Å². The lowest BCUT2D eigenvalue weighted by Crippen LogP contribution is -2.57. The number of aromatic nitrogens is 3. The van der Waals surface area contributed by atoms with Gasteiger partial charge in [-0.3, -0.25) is 9.59 Å². The number of H-pyrrole nitrogens is 1. The standard InChI is InChI=1S/C28H36N4O6S/c1-17-18(2)28(36-12-8-7-11-26(34)30-39)38-25(27(17)37-19(3)33)16-32-15-23(29-31-32)21-13-20-9-5-6-10-22(20)24(14-21)35-4/h5-6,9-10,13-15,17-18,25,27-28H,7-8,11-12,16H2,1-4H3,(H2,29,30,31,34,39)/p+1/t17-,18?,25?,27-,28?/m1/s1. The number of hydrogen-bond donors (Lipinski definition) is 3. The van der Waals surface area contributed by atoms with Gasteiger partial charge in [-0.2, -0.15) is 4.68 Å². The van der Waals surface area contributed by atoms with Gasteiger partial charge in [-0.15, -0.1) is 0 Å². The number of amides is 1. The smallest absolute Gasteiger partial charge is 0.303 e. The number of aromatic amines is 1. The number of unbranched alkanes of at least 4 members (excludes halogenated alkanes) is 1. The Balaban J connectivity index is 1.48. The number of esters is 1. The van der Waals surface area contributed by atoms with Gasteiger partial charge in [0.1, 0.15) is 24.5 Å². The van der Waals surface area contributed by atoms with E-state index in [1.54, 1.807) is 7.11 Å². The predicted molar refractivity (Wildman–Crippen MR) is 148 cm³/mol. The Hall–Kier alpha value is -3.15. The first-order valence-electron chi connectivity index (χ1n) is 13.2. The van der Waals surface area contributed by atoms with Crippen molar-refractivity contribution in [3.8, 4) is 17.0 Å². The third-order valence-corrected chi connectivity index (χ3v) is 7.50. The van der Waals surface area contributed by atoms with Gasteiger partial charge in [-0.1, -0.05) is 56.1 Å². The highest BCUT2D eigenvalue weighted by Gasteiger charge is 2.45. The molecule has 2 aromatic carbocycles. The van der Waals surface area contributed by atoms with E-state index in [1.807, 2.05) is 55.1 Å². The largest absolute Gasteiger partial charge is 0.496 e. The molecule has 39 heavy (non-hydrogen) atoms. The molecule has 1 aliphatic heterocycles. The number of carbonyl (C=O) groups excluding carboxylic acids is 2. The lowest BCUT2D eigenvalue weighted by molar-refractivity contribution is -0.761. The topological polar surface area (TPSA) is 116 Å². The molecule has 11 heteroatoms. The number of thiol groups is 1. The molecule has 10 nitrogen and oxygen atoms in total. The molecule has 0 saturated carbocycles. The van der Waals surface area contributed by atoms with Gasteiger partial charge in [0, 0.05) is 47.8 Å². The van der Waals surface area contributed by atoms with Crippen LogP contribution in [0.15, 0.2) is 42.6 Å². The Kier molecular flexibility index (Phi) is 9.82. The molecule has 3 unspecified atom stereocenters. The molecule has 1 aliphatic rings. The first-order valence-corrected chi connectivity index (χ1v) is 13.6. The van der Waals surface area contributed by atoms with Gasteiger partial charge in [0.15, 0.2) is 12.5 Å². The Labute approximate surface area is 233 Å². The normalized spacial score (nSPS) is 22.9. The summed E-state index contributed by atoms with van der Waals surface area (Å²) in [6.07, 6.45) is 2.33. The summed E-state index contributed by atoms with van der Waals surface area (Å²) in [5.41, 5.74) is 1.66. The third-order valence-electron chi connectivity index (χ3n) is 7.25. The van der Waals surface area contributed by atoms with E-state index >= 15 is 0 Å². The molecule has 1 saturated heterocycles. The summed E-state index contributed by atoms with van der Waals surface area (Å²) in [6.45, 7) is 6.33. The quantitative estimate of drug-likeness (QED) is 0.143. The fourth-order valence-corrected chi connectivity index (χ4v) is 5.07. The van der Waals surface area contributed by atoms with E-state index in [1.165, 1.54) is 6.92 Å². The molecule has 0 radical (unpaired) electrons. The van der Waals surface area contributed by atoms with Crippen molar-refractivity contribution in [2.24, 2.45) is 11.8 Å². The van der Waals surface area contributed by atoms with E-state index in [9.17, 15) is 9.59 Å². The Morgan fingerprint density at radius 2 is 1.97 bits per heavy atom. The molecule has 210 valence electrons. The monoisotopic (exact) mass is 557 g/mol. The molecule has 0 aliphatic carbocycles. The maximum absolute atomic E-state index is 11.9. The van der Waals surface area contributed by atoms with E-state index in [0.717, 1.165) is 27.8 Å². The van der Waals surface area contributed by atoms with Crippen molar-refractivity contribution in [1.82, 2.24) is 15.0 Å². The lowest BCUT2D eigenvalue weighted by atomic mass is 9.84. The third kappa shape index (κ3) is 7.09. The second-order valence-corrected chi connectivity index (χ2v) is 10.2. The van der Waals surface area contributed by atoms with Crippen LogP contribution in [0.3, 0.4) is 0 Å². The van der Waals surface area contributed by atoms with Crippen LogP contribution in [0.25, 0.3) is 22.0 Å². The summed E-state index contributed by atoms with van der Waals surface area (Å²) >= 11 is 3.77. The van der Waals surface area contributed by atoms with Gasteiger partial charge in [0.05, 0.1) is 7.11 Å². The van der Waals surface area contributed by atoms with Gasteiger partial charge < -0.3 is 23.7 Å². The molecule has 1 amide bonds.